The van der Waals surface area contributed by atoms with Gasteiger partial charge in [0, 0.05) is 36.9 Å². The van der Waals surface area contributed by atoms with Crippen LogP contribution in [-0.4, -0.2) is 25.7 Å². The third-order valence-corrected chi connectivity index (χ3v) is 4.47. The third kappa shape index (κ3) is 1.86. The van der Waals surface area contributed by atoms with Crippen molar-refractivity contribution in [1.29, 1.82) is 0 Å². The fourth-order valence-electron chi connectivity index (χ4n) is 3.43. The Balaban J connectivity index is 2.06. The normalized spacial score (nSPS) is 13.5. The Kier molecular flexibility index (Phi) is 3.00. The molecule has 2 aromatic carbocycles. The number of pyridine rings is 1. The first kappa shape index (κ1) is 13.1. The van der Waals surface area contributed by atoms with Crippen LogP contribution in [0.25, 0.3) is 21.9 Å². The topological polar surface area (TPSA) is 25.4 Å². The van der Waals surface area contributed by atoms with E-state index in [4.69, 9.17) is 4.74 Å². The van der Waals surface area contributed by atoms with Crippen molar-refractivity contribution in [3.05, 3.63) is 54.4 Å². The molecule has 1 aliphatic rings. The Hall–Kier alpha value is -2.55. The van der Waals surface area contributed by atoms with E-state index in [-0.39, 0.29) is 0 Å². The minimum absolute atomic E-state index is 0.909. The average molecular weight is 290 g/mol. The molecule has 0 atom stereocenters. The predicted octanol–water partition coefficient (Wildman–Crippen LogP) is 3.90. The molecular weight excluding hydrogens is 272 g/mol. The molecule has 0 saturated heterocycles. The predicted molar refractivity (Wildman–Crippen MR) is 90.7 cm³/mol. The Labute approximate surface area is 130 Å². The Morgan fingerprint density at radius 3 is 2.68 bits per heavy atom. The van der Waals surface area contributed by atoms with Crippen molar-refractivity contribution in [3.63, 3.8) is 0 Å². The summed E-state index contributed by atoms with van der Waals surface area (Å²) >= 11 is 0. The number of fused-ring (bicyclic) bond motifs is 2. The largest absolute Gasteiger partial charge is 0.496 e. The lowest BCUT2D eigenvalue weighted by atomic mass is 9.96. The number of aromatic nitrogens is 1. The van der Waals surface area contributed by atoms with E-state index < -0.39 is 0 Å². The van der Waals surface area contributed by atoms with Gasteiger partial charge in [0.15, 0.2) is 0 Å². The molecule has 1 aromatic heterocycles. The molecule has 1 aliphatic heterocycles. The highest BCUT2D eigenvalue weighted by molar-refractivity contribution is 6.03. The second kappa shape index (κ2) is 5.02. The van der Waals surface area contributed by atoms with Crippen LogP contribution in [0.2, 0.25) is 0 Å². The summed E-state index contributed by atoms with van der Waals surface area (Å²) in [6.07, 6.45) is 5.03. The molecule has 3 aromatic rings. The molecule has 0 saturated carbocycles. The van der Waals surface area contributed by atoms with E-state index in [0.29, 0.717) is 0 Å². The number of likely N-dealkylation sites (N-methyl/N-ethyl adjacent to an activating group) is 1. The van der Waals surface area contributed by atoms with Gasteiger partial charge in [0.1, 0.15) is 5.75 Å². The summed E-state index contributed by atoms with van der Waals surface area (Å²) in [5.41, 5.74) is 5.00. The van der Waals surface area contributed by atoms with Gasteiger partial charge in [-0.1, -0.05) is 30.3 Å². The van der Waals surface area contributed by atoms with Crippen molar-refractivity contribution in [3.8, 4) is 16.9 Å². The zero-order chi connectivity index (χ0) is 15.1. The van der Waals surface area contributed by atoms with E-state index in [2.05, 4.69) is 41.2 Å². The summed E-state index contributed by atoms with van der Waals surface area (Å²) < 4.78 is 5.60. The number of methoxy groups -OCH3 is 1. The van der Waals surface area contributed by atoms with Crippen LogP contribution in [-0.2, 0) is 6.42 Å². The second-order valence-electron chi connectivity index (χ2n) is 5.73. The highest BCUT2D eigenvalue weighted by Gasteiger charge is 2.22. The molecule has 22 heavy (non-hydrogen) atoms. The maximum atomic E-state index is 5.60. The van der Waals surface area contributed by atoms with E-state index in [1.807, 2.05) is 24.5 Å². The Morgan fingerprint density at radius 2 is 1.86 bits per heavy atom. The summed E-state index contributed by atoms with van der Waals surface area (Å²) in [4.78, 5) is 6.78. The summed E-state index contributed by atoms with van der Waals surface area (Å²) in [5.74, 6) is 0.909. The first-order valence-electron chi connectivity index (χ1n) is 7.53. The summed E-state index contributed by atoms with van der Waals surface area (Å²) in [6.45, 7) is 1.05. The summed E-state index contributed by atoms with van der Waals surface area (Å²) in [6, 6.07) is 12.6. The molecule has 3 nitrogen and oxygen atoms in total. The molecule has 2 heterocycles. The zero-order valence-corrected chi connectivity index (χ0v) is 12.8. The number of anilines is 1. The van der Waals surface area contributed by atoms with Crippen LogP contribution >= 0.6 is 0 Å². The summed E-state index contributed by atoms with van der Waals surface area (Å²) in [5, 5.41) is 2.35. The molecule has 0 spiro atoms. The van der Waals surface area contributed by atoms with Gasteiger partial charge in [0.05, 0.1) is 12.8 Å². The molecule has 0 N–H and O–H groups in total. The van der Waals surface area contributed by atoms with E-state index in [0.717, 1.165) is 24.1 Å². The Morgan fingerprint density at radius 1 is 1.05 bits per heavy atom. The number of ether oxygens (including phenoxy) is 1. The Bertz CT molecular complexity index is 852. The molecule has 0 unspecified atom stereocenters. The fraction of sp³-hybridized carbons (Fsp3) is 0.211. The van der Waals surface area contributed by atoms with Crippen LogP contribution in [0.15, 0.2) is 48.8 Å². The smallest absolute Gasteiger partial charge is 0.127 e. The van der Waals surface area contributed by atoms with Crippen LogP contribution in [0.1, 0.15) is 5.56 Å². The van der Waals surface area contributed by atoms with Crippen LogP contribution in [0, 0.1) is 0 Å². The van der Waals surface area contributed by atoms with Crippen molar-refractivity contribution in [1.82, 2.24) is 4.98 Å². The molecule has 0 amide bonds. The van der Waals surface area contributed by atoms with Gasteiger partial charge in [-0.25, -0.2) is 0 Å². The van der Waals surface area contributed by atoms with Crippen molar-refractivity contribution < 1.29 is 4.74 Å². The maximum Gasteiger partial charge on any atom is 0.127 e. The first-order chi connectivity index (χ1) is 10.8. The zero-order valence-electron chi connectivity index (χ0n) is 12.8. The van der Waals surface area contributed by atoms with Gasteiger partial charge in [-0.05, 0) is 29.0 Å². The second-order valence-corrected chi connectivity index (χ2v) is 5.73. The first-order valence-corrected chi connectivity index (χ1v) is 7.53. The molecular formula is C19H18N2O. The van der Waals surface area contributed by atoms with Crippen LogP contribution in [0.4, 0.5) is 5.69 Å². The lowest BCUT2D eigenvalue weighted by molar-refractivity contribution is 0.420. The number of nitrogens with zero attached hydrogens (tertiary/aromatic N) is 2. The molecule has 0 bridgehead atoms. The minimum atomic E-state index is 0.909. The standard InChI is InChI=1S/C19H18N2O/c1-21-10-9-14-11-20-12-16(19(14)21)15-7-3-5-13-6-4-8-17(22-2)18(13)15/h3-8,11-12H,9-10H2,1-2H3. The van der Waals surface area contributed by atoms with Crippen molar-refractivity contribution in [2.45, 2.75) is 6.42 Å². The van der Waals surface area contributed by atoms with Gasteiger partial charge in [0.2, 0.25) is 0 Å². The van der Waals surface area contributed by atoms with Crippen molar-refractivity contribution in [2.24, 2.45) is 0 Å². The monoisotopic (exact) mass is 290 g/mol. The fourth-order valence-corrected chi connectivity index (χ4v) is 3.43. The van der Waals surface area contributed by atoms with Crippen molar-refractivity contribution >= 4 is 16.5 Å². The summed E-state index contributed by atoms with van der Waals surface area (Å²) in [7, 11) is 3.88. The molecule has 0 fully saturated rings. The van der Waals surface area contributed by atoms with Crippen LogP contribution < -0.4 is 9.64 Å². The molecule has 110 valence electrons. The van der Waals surface area contributed by atoms with E-state index in [1.165, 1.54) is 27.8 Å². The molecule has 3 heteroatoms. The van der Waals surface area contributed by atoms with Gasteiger partial charge in [0.25, 0.3) is 0 Å². The van der Waals surface area contributed by atoms with Gasteiger partial charge >= 0.3 is 0 Å². The van der Waals surface area contributed by atoms with Gasteiger partial charge < -0.3 is 9.64 Å². The average Bonchev–Trinajstić information content (AvgIpc) is 2.95. The number of hydrogen-bond donors (Lipinski definition) is 0. The van der Waals surface area contributed by atoms with E-state index in [1.54, 1.807) is 7.11 Å². The molecule has 0 aliphatic carbocycles. The van der Waals surface area contributed by atoms with Crippen molar-refractivity contribution in [2.75, 3.05) is 25.6 Å². The lowest BCUT2D eigenvalue weighted by Crippen LogP contribution is -2.13. The third-order valence-electron chi connectivity index (χ3n) is 4.47. The SMILES string of the molecule is COc1cccc2cccc(-c3cncc4c3N(C)CC4)c12. The van der Waals surface area contributed by atoms with E-state index >= 15 is 0 Å². The number of rotatable bonds is 2. The number of hydrogen-bond acceptors (Lipinski definition) is 3. The number of benzene rings is 2. The lowest BCUT2D eigenvalue weighted by Gasteiger charge is -2.18. The molecule has 4 rings (SSSR count). The molecule has 0 radical (unpaired) electrons. The quantitative estimate of drug-likeness (QED) is 0.715. The van der Waals surface area contributed by atoms with E-state index in [9.17, 15) is 0 Å². The highest BCUT2D eigenvalue weighted by Crippen LogP contribution is 2.41. The van der Waals surface area contributed by atoms with Crippen LogP contribution in [0.3, 0.4) is 0 Å². The van der Waals surface area contributed by atoms with Gasteiger partial charge in [-0.15, -0.1) is 0 Å². The van der Waals surface area contributed by atoms with Gasteiger partial charge in [-0.3, -0.25) is 4.98 Å². The highest BCUT2D eigenvalue weighted by atomic mass is 16.5. The minimum Gasteiger partial charge on any atom is -0.496 e. The van der Waals surface area contributed by atoms with Gasteiger partial charge in [-0.2, -0.15) is 0 Å². The van der Waals surface area contributed by atoms with Crippen LogP contribution in [0.5, 0.6) is 5.75 Å². The maximum absolute atomic E-state index is 5.60.